The number of fused-ring (bicyclic) bond motifs is 1. The number of benzene rings is 1. The minimum atomic E-state index is -0.422. The lowest BCUT2D eigenvalue weighted by atomic mass is 9.94. The van der Waals surface area contributed by atoms with Crippen molar-refractivity contribution in [2.45, 2.75) is 65.3 Å². The van der Waals surface area contributed by atoms with E-state index in [-0.39, 0.29) is 0 Å². The number of carbonyl (C=O) groups excluding carboxylic acids is 1. The van der Waals surface area contributed by atoms with E-state index in [9.17, 15) is 9.59 Å². The summed E-state index contributed by atoms with van der Waals surface area (Å²) in [6.45, 7) is 10.9. The molecule has 0 radical (unpaired) electrons. The van der Waals surface area contributed by atoms with E-state index in [2.05, 4.69) is 28.8 Å². The van der Waals surface area contributed by atoms with Gasteiger partial charge in [-0.1, -0.05) is 63.5 Å². The molecule has 1 amide bonds. The largest absolute Gasteiger partial charge is 0.334 e. The lowest BCUT2D eigenvalue weighted by molar-refractivity contribution is 0.194. The minimum absolute atomic E-state index is 0.371. The number of amides is 1. The summed E-state index contributed by atoms with van der Waals surface area (Å²) in [4.78, 5) is 30.2. The van der Waals surface area contributed by atoms with Gasteiger partial charge in [-0.3, -0.25) is 0 Å². The van der Waals surface area contributed by atoms with Gasteiger partial charge in [0.1, 0.15) is 0 Å². The van der Waals surface area contributed by atoms with Gasteiger partial charge in [0.25, 0.3) is 0 Å². The van der Waals surface area contributed by atoms with E-state index in [1.165, 1.54) is 36.7 Å². The summed E-state index contributed by atoms with van der Waals surface area (Å²) < 4.78 is 1.19. The summed E-state index contributed by atoms with van der Waals surface area (Å²) in [5.41, 5.74) is 2.97. The third-order valence-corrected chi connectivity index (χ3v) is 5.82. The van der Waals surface area contributed by atoms with Crippen LogP contribution < -0.4 is 11.0 Å². The van der Waals surface area contributed by atoms with Crippen LogP contribution in [0.2, 0.25) is 0 Å². The Morgan fingerprint density at radius 3 is 2.68 bits per heavy atom. The summed E-state index contributed by atoms with van der Waals surface area (Å²) in [6, 6.07) is 6.13. The van der Waals surface area contributed by atoms with Gasteiger partial charge in [-0.2, -0.15) is 0 Å². The maximum Gasteiger partial charge on any atom is 0.334 e. The number of hydrogen-bond donors (Lipinski definition) is 2. The van der Waals surface area contributed by atoms with Crippen LogP contribution in [0.5, 0.6) is 0 Å². The fourth-order valence-corrected chi connectivity index (χ4v) is 4.07. The van der Waals surface area contributed by atoms with E-state index in [0.717, 1.165) is 24.1 Å². The van der Waals surface area contributed by atoms with E-state index in [4.69, 9.17) is 0 Å². The van der Waals surface area contributed by atoms with E-state index in [1.54, 1.807) is 6.08 Å². The molecule has 2 N–H and O–H groups in total. The van der Waals surface area contributed by atoms with Crippen molar-refractivity contribution in [3.8, 4) is 0 Å². The van der Waals surface area contributed by atoms with Crippen molar-refractivity contribution in [3.05, 3.63) is 58.6 Å². The monoisotopic (exact) mass is 426 g/mol. The quantitative estimate of drug-likeness (QED) is 0.622. The topological polar surface area (TPSA) is 70.1 Å². The Hall–Kier alpha value is -2.60. The Bertz CT molecular complexity index is 948. The molecule has 0 unspecified atom stereocenters. The van der Waals surface area contributed by atoms with E-state index < -0.39 is 11.7 Å². The number of carbonyl (C=O) groups is 1. The van der Waals surface area contributed by atoms with Crippen LogP contribution in [0.15, 0.2) is 47.3 Å². The van der Waals surface area contributed by atoms with Crippen molar-refractivity contribution in [2.75, 3.05) is 20.1 Å². The zero-order valence-electron chi connectivity index (χ0n) is 19.5. The van der Waals surface area contributed by atoms with Crippen LogP contribution in [0.25, 0.3) is 11.0 Å². The Labute approximate surface area is 186 Å². The zero-order valence-corrected chi connectivity index (χ0v) is 19.5. The molecule has 170 valence electrons. The number of imidazole rings is 1. The average molecular weight is 427 g/mol. The van der Waals surface area contributed by atoms with Gasteiger partial charge in [-0.05, 0) is 50.9 Å². The Morgan fingerprint density at radius 2 is 2.00 bits per heavy atom. The molecule has 6 nitrogen and oxygen atoms in total. The molecule has 0 spiro atoms. The minimum Gasteiger partial charge on any atom is -0.334 e. The van der Waals surface area contributed by atoms with Crippen molar-refractivity contribution in [1.29, 1.82) is 0 Å². The molecule has 1 aromatic heterocycles. The van der Waals surface area contributed by atoms with Gasteiger partial charge in [0, 0.05) is 19.1 Å². The van der Waals surface area contributed by atoms with E-state index >= 15 is 0 Å². The molecular formula is C25H38N4O2. The fraction of sp³-hybridized carbons (Fsp3) is 0.520. The van der Waals surface area contributed by atoms with E-state index in [0.29, 0.717) is 23.6 Å². The van der Waals surface area contributed by atoms with Crippen molar-refractivity contribution in [3.63, 3.8) is 0 Å². The molecule has 31 heavy (non-hydrogen) atoms. The SMILES string of the molecule is C=C/C=C(\C)CNC(=O)n1c(=O)[nH]c2ccc(CCN(C)C3CCCCC3)cc21.CC. The Balaban J connectivity index is 0.00000166. The van der Waals surface area contributed by atoms with Crippen LogP contribution in [-0.2, 0) is 6.42 Å². The Morgan fingerprint density at radius 1 is 1.29 bits per heavy atom. The van der Waals surface area contributed by atoms with Gasteiger partial charge in [0.2, 0.25) is 0 Å². The van der Waals surface area contributed by atoms with Gasteiger partial charge in [-0.15, -0.1) is 0 Å². The summed E-state index contributed by atoms with van der Waals surface area (Å²) >= 11 is 0. The second kappa shape index (κ2) is 12.3. The number of H-pyrrole nitrogens is 1. The van der Waals surface area contributed by atoms with Crippen molar-refractivity contribution in [2.24, 2.45) is 0 Å². The van der Waals surface area contributed by atoms with Crippen LogP contribution in [-0.4, -0.2) is 46.7 Å². The molecular weight excluding hydrogens is 388 g/mol. The summed E-state index contributed by atoms with van der Waals surface area (Å²) in [5, 5.41) is 2.80. The standard InChI is InChI=1S/C23H32N4O2.C2H6/c1-4-8-17(2)16-24-22(28)27-21-15-18(11-12-20(21)25-23(27)29)13-14-26(3)19-9-6-5-7-10-19;1-2/h4,8,11-12,15,19H,1,5-7,9-10,13-14,16H2,2-3H3,(H,24,28)(H,25,29);1-2H3/b17-8+;. The lowest BCUT2D eigenvalue weighted by Crippen LogP contribution is -2.35. The third kappa shape index (κ3) is 6.69. The number of rotatable bonds is 7. The second-order valence-corrected chi connectivity index (χ2v) is 8.05. The first-order chi connectivity index (χ1) is 15.0. The van der Waals surface area contributed by atoms with Gasteiger partial charge in [0.05, 0.1) is 11.0 Å². The number of aromatic amines is 1. The number of hydrogen-bond acceptors (Lipinski definition) is 3. The molecule has 1 fully saturated rings. The summed E-state index contributed by atoms with van der Waals surface area (Å²) in [7, 11) is 2.20. The highest BCUT2D eigenvalue weighted by atomic mass is 16.2. The molecule has 2 aromatic rings. The molecule has 1 aliphatic carbocycles. The smallest absolute Gasteiger partial charge is 0.334 e. The first-order valence-electron chi connectivity index (χ1n) is 11.5. The molecule has 6 heteroatoms. The predicted molar refractivity (Wildman–Crippen MR) is 130 cm³/mol. The highest BCUT2D eigenvalue weighted by molar-refractivity contribution is 5.89. The van der Waals surface area contributed by atoms with Gasteiger partial charge in [0.15, 0.2) is 0 Å². The number of aromatic nitrogens is 2. The van der Waals surface area contributed by atoms with Gasteiger partial charge >= 0.3 is 11.7 Å². The predicted octanol–water partition coefficient (Wildman–Crippen LogP) is 4.85. The highest BCUT2D eigenvalue weighted by Crippen LogP contribution is 2.22. The van der Waals surface area contributed by atoms with Crippen molar-refractivity contribution >= 4 is 17.1 Å². The molecule has 1 aromatic carbocycles. The first-order valence-corrected chi connectivity index (χ1v) is 11.5. The molecule has 1 heterocycles. The van der Waals surface area contributed by atoms with Crippen LogP contribution in [0.1, 0.15) is 58.4 Å². The highest BCUT2D eigenvalue weighted by Gasteiger charge is 2.18. The third-order valence-electron chi connectivity index (χ3n) is 5.82. The Kier molecular flexibility index (Phi) is 9.79. The van der Waals surface area contributed by atoms with Gasteiger partial charge < -0.3 is 15.2 Å². The number of nitrogens with zero attached hydrogens (tertiary/aromatic N) is 2. The number of nitrogens with one attached hydrogen (secondary N) is 2. The molecule has 3 rings (SSSR count). The van der Waals surface area contributed by atoms with Gasteiger partial charge in [-0.25, -0.2) is 14.2 Å². The maximum atomic E-state index is 12.6. The number of likely N-dealkylation sites (N-methyl/N-ethyl adjacent to an activating group) is 1. The normalized spacial score (nSPS) is 14.9. The van der Waals surface area contributed by atoms with Crippen molar-refractivity contribution in [1.82, 2.24) is 19.8 Å². The van der Waals surface area contributed by atoms with Crippen LogP contribution >= 0.6 is 0 Å². The first kappa shape index (κ1) is 24.7. The van der Waals surface area contributed by atoms with E-state index in [1.807, 2.05) is 45.0 Å². The molecule has 1 aliphatic rings. The molecule has 0 atom stereocenters. The fourth-order valence-electron chi connectivity index (χ4n) is 4.07. The molecule has 0 bridgehead atoms. The summed E-state index contributed by atoms with van der Waals surface area (Å²) in [5.74, 6) is 0. The zero-order chi connectivity index (χ0) is 22.8. The second-order valence-electron chi connectivity index (χ2n) is 8.05. The van der Waals surface area contributed by atoms with Crippen molar-refractivity contribution < 1.29 is 4.79 Å². The molecule has 0 saturated heterocycles. The maximum absolute atomic E-state index is 12.6. The van der Waals surface area contributed by atoms with Crippen LogP contribution in [0.3, 0.4) is 0 Å². The number of allylic oxidation sites excluding steroid dienone is 2. The van der Waals surface area contributed by atoms with Crippen LogP contribution in [0, 0.1) is 0 Å². The molecule has 1 saturated carbocycles. The molecule has 0 aliphatic heterocycles. The lowest BCUT2D eigenvalue weighted by Gasteiger charge is -2.31. The average Bonchev–Trinajstić information content (AvgIpc) is 3.13. The summed E-state index contributed by atoms with van der Waals surface area (Å²) in [6.07, 6.45) is 11.0. The van der Waals surface area contributed by atoms with Crippen LogP contribution in [0.4, 0.5) is 4.79 Å².